The van der Waals surface area contributed by atoms with Gasteiger partial charge >= 0.3 is 5.97 Å². The molecule has 0 radical (unpaired) electrons. The lowest BCUT2D eigenvalue weighted by atomic mass is 10.1. The molecule has 0 aliphatic rings. The minimum absolute atomic E-state index is 0.0648. The molecule has 0 spiro atoms. The Labute approximate surface area is 97.2 Å². The molecule has 1 rings (SSSR count). The summed E-state index contributed by atoms with van der Waals surface area (Å²) in [7, 11) is 0. The molecule has 1 aromatic carbocycles. The molecule has 4 N–H and O–H groups in total. The Balaban J connectivity index is 3.09. The molecule has 0 fully saturated rings. The topological polar surface area (TPSA) is 92.4 Å². The SMILES string of the molecule is C[C@H](N)C(=O)Nc1cccc(Cl)c1C(=O)O. The van der Waals surface area contributed by atoms with Crippen LogP contribution >= 0.6 is 11.6 Å². The van der Waals surface area contributed by atoms with Crippen LogP contribution in [-0.2, 0) is 4.79 Å². The van der Waals surface area contributed by atoms with Crippen molar-refractivity contribution in [1.82, 2.24) is 0 Å². The Kier molecular flexibility index (Phi) is 3.87. The van der Waals surface area contributed by atoms with E-state index in [9.17, 15) is 9.59 Å². The van der Waals surface area contributed by atoms with Gasteiger partial charge in [0.15, 0.2) is 0 Å². The molecule has 1 aromatic rings. The van der Waals surface area contributed by atoms with E-state index in [1.165, 1.54) is 19.1 Å². The van der Waals surface area contributed by atoms with Crippen LogP contribution in [0.4, 0.5) is 5.69 Å². The standard InChI is InChI=1S/C10H11ClN2O3/c1-5(12)9(14)13-7-4-2-3-6(11)8(7)10(15)16/h2-5H,12H2,1H3,(H,13,14)(H,15,16)/t5-/m0/s1. The van der Waals surface area contributed by atoms with Gasteiger partial charge < -0.3 is 16.2 Å². The molecule has 16 heavy (non-hydrogen) atoms. The van der Waals surface area contributed by atoms with Crippen LogP contribution in [0.25, 0.3) is 0 Å². The lowest BCUT2D eigenvalue weighted by Crippen LogP contribution is -2.33. The molecule has 1 atom stereocenters. The number of rotatable bonds is 3. The number of carbonyl (C=O) groups excluding carboxylic acids is 1. The van der Waals surface area contributed by atoms with E-state index in [1.54, 1.807) is 6.07 Å². The molecule has 0 saturated carbocycles. The van der Waals surface area contributed by atoms with Crippen molar-refractivity contribution in [2.24, 2.45) is 5.73 Å². The molecule has 0 aromatic heterocycles. The highest BCUT2D eigenvalue weighted by atomic mass is 35.5. The molecular weight excluding hydrogens is 232 g/mol. The van der Waals surface area contributed by atoms with Crippen molar-refractivity contribution in [2.45, 2.75) is 13.0 Å². The van der Waals surface area contributed by atoms with Crippen molar-refractivity contribution in [2.75, 3.05) is 5.32 Å². The van der Waals surface area contributed by atoms with E-state index in [4.69, 9.17) is 22.4 Å². The van der Waals surface area contributed by atoms with Crippen LogP contribution in [0.3, 0.4) is 0 Å². The van der Waals surface area contributed by atoms with Crippen LogP contribution in [-0.4, -0.2) is 23.0 Å². The molecule has 0 aliphatic carbocycles. The van der Waals surface area contributed by atoms with Crippen molar-refractivity contribution in [3.63, 3.8) is 0 Å². The summed E-state index contributed by atoms with van der Waals surface area (Å²) in [6, 6.07) is 3.72. The first kappa shape index (κ1) is 12.5. The largest absolute Gasteiger partial charge is 0.478 e. The van der Waals surface area contributed by atoms with E-state index in [2.05, 4.69) is 5.32 Å². The van der Waals surface area contributed by atoms with Crippen LogP contribution in [0.2, 0.25) is 5.02 Å². The van der Waals surface area contributed by atoms with Gasteiger partial charge in [-0.05, 0) is 19.1 Å². The van der Waals surface area contributed by atoms with Gasteiger partial charge in [-0.1, -0.05) is 17.7 Å². The minimum atomic E-state index is -1.20. The maximum Gasteiger partial charge on any atom is 0.339 e. The Morgan fingerprint density at radius 1 is 1.50 bits per heavy atom. The predicted molar refractivity (Wildman–Crippen MR) is 60.7 cm³/mol. The number of halogens is 1. The van der Waals surface area contributed by atoms with Crippen molar-refractivity contribution in [3.05, 3.63) is 28.8 Å². The number of hydrogen-bond donors (Lipinski definition) is 3. The minimum Gasteiger partial charge on any atom is -0.478 e. The maximum absolute atomic E-state index is 11.3. The van der Waals surface area contributed by atoms with Gasteiger partial charge in [-0.2, -0.15) is 0 Å². The van der Waals surface area contributed by atoms with Crippen molar-refractivity contribution in [1.29, 1.82) is 0 Å². The van der Waals surface area contributed by atoms with E-state index in [-0.39, 0.29) is 16.3 Å². The molecule has 0 aliphatic heterocycles. The number of nitrogens with two attached hydrogens (primary N) is 1. The second-order valence-corrected chi connectivity index (χ2v) is 3.65. The predicted octanol–water partition coefficient (Wildman–Crippen LogP) is 1.32. The second kappa shape index (κ2) is 4.96. The van der Waals surface area contributed by atoms with Crippen LogP contribution in [0.1, 0.15) is 17.3 Å². The quantitative estimate of drug-likeness (QED) is 0.745. The Bertz CT molecular complexity index is 432. The molecule has 6 heteroatoms. The average Bonchev–Trinajstić information content (AvgIpc) is 2.16. The molecular formula is C10H11ClN2O3. The van der Waals surface area contributed by atoms with Gasteiger partial charge in [0.1, 0.15) is 5.56 Å². The van der Waals surface area contributed by atoms with E-state index in [0.29, 0.717) is 0 Å². The van der Waals surface area contributed by atoms with E-state index in [1.807, 2.05) is 0 Å². The number of aromatic carboxylic acids is 1. The molecule has 0 bridgehead atoms. The number of carboxylic acids is 1. The monoisotopic (exact) mass is 242 g/mol. The molecule has 0 unspecified atom stereocenters. The highest BCUT2D eigenvalue weighted by Crippen LogP contribution is 2.24. The van der Waals surface area contributed by atoms with Gasteiger partial charge in [0.05, 0.1) is 16.8 Å². The summed E-state index contributed by atoms with van der Waals surface area (Å²) in [5.41, 5.74) is 5.36. The zero-order valence-electron chi connectivity index (χ0n) is 8.53. The van der Waals surface area contributed by atoms with Gasteiger partial charge in [-0.15, -0.1) is 0 Å². The molecule has 1 amide bonds. The summed E-state index contributed by atoms with van der Waals surface area (Å²) >= 11 is 5.72. The van der Waals surface area contributed by atoms with E-state index in [0.717, 1.165) is 0 Å². The van der Waals surface area contributed by atoms with Crippen molar-refractivity contribution in [3.8, 4) is 0 Å². The maximum atomic E-state index is 11.3. The first-order chi connectivity index (χ1) is 7.43. The third kappa shape index (κ3) is 2.71. The second-order valence-electron chi connectivity index (χ2n) is 3.25. The summed E-state index contributed by atoms with van der Waals surface area (Å²) in [6.45, 7) is 1.50. The molecule has 86 valence electrons. The average molecular weight is 243 g/mol. The Morgan fingerprint density at radius 3 is 2.62 bits per heavy atom. The fourth-order valence-corrected chi connectivity index (χ4v) is 1.35. The summed E-state index contributed by atoms with van der Waals surface area (Å²) in [6.07, 6.45) is 0. The number of anilines is 1. The van der Waals surface area contributed by atoms with Crippen molar-refractivity contribution < 1.29 is 14.7 Å². The van der Waals surface area contributed by atoms with Gasteiger partial charge in [-0.3, -0.25) is 4.79 Å². The Hall–Kier alpha value is -1.59. The number of benzene rings is 1. The smallest absolute Gasteiger partial charge is 0.339 e. The van der Waals surface area contributed by atoms with E-state index < -0.39 is 17.9 Å². The van der Waals surface area contributed by atoms with Gasteiger partial charge in [0, 0.05) is 0 Å². The first-order valence-electron chi connectivity index (χ1n) is 4.51. The number of hydrogen-bond acceptors (Lipinski definition) is 3. The van der Waals surface area contributed by atoms with Gasteiger partial charge in [0.25, 0.3) is 0 Å². The lowest BCUT2D eigenvalue weighted by molar-refractivity contribution is -0.117. The summed E-state index contributed by atoms with van der Waals surface area (Å²) in [5.74, 6) is -1.67. The van der Waals surface area contributed by atoms with Gasteiger partial charge in [0.2, 0.25) is 5.91 Å². The zero-order valence-corrected chi connectivity index (χ0v) is 9.28. The zero-order chi connectivity index (χ0) is 12.3. The first-order valence-corrected chi connectivity index (χ1v) is 4.89. The highest BCUT2D eigenvalue weighted by molar-refractivity contribution is 6.34. The Morgan fingerprint density at radius 2 is 2.12 bits per heavy atom. The van der Waals surface area contributed by atoms with Crippen LogP contribution < -0.4 is 11.1 Å². The fraction of sp³-hybridized carbons (Fsp3) is 0.200. The number of carboxylic acid groups (broad SMARTS) is 1. The molecule has 0 saturated heterocycles. The summed E-state index contributed by atoms with van der Waals surface area (Å²) in [4.78, 5) is 22.3. The fourth-order valence-electron chi connectivity index (χ4n) is 1.09. The van der Waals surface area contributed by atoms with Crippen molar-refractivity contribution >= 4 is 29.2 Å². The summed E-state index contributed by atoms with van der Waals surface area (Å²) < 4.78 is 0. The number of amides is 1. The van der Waals surface area contributed by atoms with Crippen LogP contribution in [0, 0.1) is 0 Å². The van der Waals surface area contributed by atoms with Crippen LogP contribution in [0.5, 0.6) is 0 Å². The normalized spacial score (nSPS) is 11.9. The van der Waals surface area contributed by atoms with E-state index >= 15 is 0 Å². The molecule has 0 heterocycles. The summed E-state index contributed by atoms with van der Waals surface area (Å²) in [5, 5.41) is 11.4. The number of carbonyl (C=O) groups is 2. The third-order valence-corrected chi connectivity index (χ3v) is 2.21. The number of nitrogens with one attached hydrogen (secondary N) is 1. The third-order valence-electron chi connectivity index (χ3n) is 1.90. The van der Waals surface area contributed by atoms with Crippen LogP contribution in [0.15, 0.2) is 18.2 Å². The molecule has 5 nitrogen and oxygen atoms in total. The van der Waals surface area contributed by atoms with Gasteiger partial charge in [-0.25, -0.2) is 4.79 Å². The highest BCUT2D eigenvalue weighted by Gasteiger charge is 2.17. The lowest BCUT2D eigenvalue weighted by Gasteiger charge is -2.11.